The number of hydrogen-bond donors (Lipinski definition) is 2. The molecule has 23 heavy (non-hydrogen) atoms. The number of aldehydes is 1. The molecule has 0 aromatic carbocycles. The molecule has 0 fully saturated rings. The predicted octanol–water partition coefficient (Wildman–Crippen LogP) is 2.30. The summed E-state index contributed by atoms with van der Waals surface area (Å²) in [5.41, 5.74) is 2.62. The molecular weight excluding hydrogens is 292 g/mol. The smallest absolute Gasteiger partial charge is 0.264 e. The number of carbonyl (C=O) groups is 1. The zero-order chi connectivity index (χ0) is 16.4. The van der Waals surface area contributed by atoms with E-state index < -0.39 is 5.41 Å². The Morgan fingerprint density at radius 3 is 2.61 bits per heavy atom. The van der Waals surface area contributed by atoms with Crippen LogP contribution in [0.1, 0.15) is 35.6 Å². The molecule has 116 valence electrons. The van der Waals surface area contributed by atoms with Crippen LogP contribution in [0.2, 0.25) is 0 Å². The lowest BCUT2D eigenvalue weighted by molar-refractivity contribution is 0.112. The molecule has 6 heteroatoms. The predicted molar refractivity (Wildman–Crippen MR) is 86.4 cm³/mol. The Kier molecular flexibility index (Phi) is 3.65. The Morgan fingerprint density at radius 2 is 2.00 bits per heavy atom. The number of aromatic nitrogens is 4. The molecule has 6 nitrogen and oxygen atoms in total. The van der Waals surface area contributed by atoms with E-state index in [2.05, 4.69) is 20.2 Å². The molecule has 3 heterocycles. The van der Waals surface area contributed by atoms with E-state index in [4.69, 9.17) is 0 Å². The molecule has 2 N–H and O–H groups in total. The first kappa shape index (κ1) is 14.9. The maximum atomic E-state index is 11.5. The van der Waals surface area contributed by atoms with Gasteiger partial charge in [-0.05, 0) is 38.1 Å². The number of H-pyrrole nitrogens is 2. The summed E-state index contributed by atoms with van der Waals surface area (Å²) < 4.78 is 0. The maximum Gasteiger partial charge on any atom is 0.264 e. The highest BCUT2D eigenvalue weighted by molar-refractivity contribution is 5.81. The Bertz CT molecular complexity index is 874. The number of rotatable bonds is 4. The molecule has 3 aromatic rings. The second-order valence-electron chi connectivity index (χ2n) is 5.78. The van der Waals surface area contributed by atoms with Gasteiger partial charge in [0, 0.05) is 28.9 Å². The van der Waals surface area contributed by atoms with Gasteiger partial charge in [-0.2, -0.15) is 5.10 Å². The van der Waals surface area contributed by atoms with Gasteiger partial charge >= 0.3 is 0 Å². The molecule has 0 atom stereocenters. The zero-order valence-corrected chi connectivity index (χ0v) is 12.8. The van der Waals surface area contributed by atoms with Crippen LogP contribution in [0.4, 0.5) is 0 Å². The van der Waals surface area contributed by atoms with Crippen LogP contribution in [0.15, 0.2) is 47.4 Å². The minimum atomic E-state index is -0.576. The average molecular weight is 308 g/mol. The first-order valence-electron chi connectivity index (χ1n) is 7.18. The van der Waals surface area contributed by atoms with Gasteiger partial charge in [-0.1, -0.05) is 6.07 Å². The number of aromatic amines is 2. The summed E-state index contributed by atoms with van der Waals surface area (Å²) in [5.74, 6) is 0. The number of hydrogen-bond acceptors (Lipinski definition) is 4. The van der Waals surface area contributed by atoms with Crippen molar-refractivity contribution in [2.45, 2.75) is 19.3 Å². The highest BCUT2D eigenvalue weighted by Crippen LogP contribution is 2.33. The van der Waals surface area contributed by atoms with Gasteiger partial charge in [-0.15, -0.1) is 0 Å². The van der Waals surface area contributed by atoms with Crippen molar-refractivity contribution in [1.29, 1.82) is 0 Å². The van der Waals surface area contributed by atoms with Gasteiger partial charge < -0.3 is 4.98 Å². The summed E-state index contributed by atoms with van der Waals surface area (Å²) >= 11 is 0. The molecule has 0 aliphatic rings. The molecule has 0 bridgehead atoms. The van der Waals surface area contributed by atoms with E-state index in [-0.39, 0.29) is 5.56 Å². The van der Waals surface area contributed by atoms with Crippen LogP contribution in [-0.4, -0.2) is 26.5 Å². The Labute approximate surface area is 132 Å². The second-order valence-corrected chi connectivity index (χ2v) is 5.78. The van der Waals surface area contributed by atoms with Crippen molar-refractivity contribution in [3.8, 4) is 11.4 Å². The third kappa shape index (κ3) is 2.70. The minimum Gasteiger partial charge on any atom is -0.356 e. The largest absolute Gasteiger partial charge is 0.356 e. The van der Waals surface area contributed by atoms with Gasteiger partial charge in [0.25, 0.3) is 5.56 Å². The van der Waals surface area contributed by atoms with Gasteiger partial charge in [0.2, 0.25) is 0 Å². The molecule has 0 aliphatic carbocycles. The molecule has 0 saturated heterocycles. The first-order chi connectivity index (χ1) is 11.0. The highest BCUT2D eigenvalue weighted by atomic mass is 16.1. The summed E-state index contributed by atoms with van der Waals surface area (Å²) in [6, 6.07) is 10.5. The van der Waals surface area contributed by atoms with E-state index in [0.29, 0.717) is 11.3 Å². The summed E-state index contributed by atoms with van der Waals surface area (Å²) in [7, 11) is 0. The van der Waals surface area contributed by atoms with E-state index >= 15 is 0 Å². The quantitative estimate of drug-likeness (QED) is 0.723. The molecule has 3 aromatic heterocycles. The van der Waals surface area contributed by atoms with E-state index in [1.807, 2.05) is 32.0 Å². The van der Waals surface area contributed by atoms with E-state index in [1.165, 1.54) is 6.07 Å². The molecule has 0 amide bonds. The second kappa shape index (κ2) is 5.64. The third-order valence-corrected chi connectivity index (χ3v) is 3.86. The third-order valence-electron chi connectivity index (χ3n) is 3.86. The lowest BCUT2D eigenvalue weighted by atomic mass is 9.83. The lowest BCUT2D eigenvalue weighted by Gasteiger charge is -2.23. The summed E-state index contributed by atoms with van der Waals surface area (Å²) in [6.45, 7) is 3.88. The number of pyridine rings is 1. The van der Waals surface area contributed by atoms with Crippen LogP contribution in [0.3, 0.4) is 0 Å². The summed E-state index contributed by atoms with van der Waals surface area (Å²) in [5, 5.41) is 6.53. The molecule has 0 unspecified atom stereocenters. The van der Waals surface area contributed by atoms with Crippen LogP contribution < -0.4 is 5.56 Å². The fourth-order valence-corrected chi connectivity index (χ4v) is 2.56. The van der Waals surface area contributed by atoms with Gasteiger partial charge in [0.1, 0.15) is 0 Å². The normalized spacial score (nSPS) is 11.4. The molecule has 0 spiro atoms. The first-order valence-corrected chi connectivity index (χ1v) is 7.18. The van der Waals surface area contributed by atoms with E-state index in [1.54, 1.807) is 18.3 Å². The zero-order valence-electron chi connectivity index (χ0n) is 12.8. The average Bonchev–Trinajstić information content (AvgIpc) is 3.01. The Hall–Kier alpha value is -3.02. The molecule has 0 saturated carbocycles. The Balaban J connectivity index is 2.11. The van der Waals surface area contributed by atoms with Crippen LogP contribution in [0, 0.1) is 0 Å². The number of nitrogens with one attached hydrogen (secondary N) is 2. The standard InChI is InChI=1S/C17H16N4O2/c1-17(2,14-6-7-15(23)21-20-14)16-11(10-22)9-13(19-16)12-5-3-4-8-18-12/h3-10,19H,1-2H3,(H,21,23). The number of nitrogens with zero attached hydrogens (tertiary/aromatic N) is 2. The topological polar surface area (TPSA) is 91.5 Å². The molecule has 0 aliphatic heterocycles. The van der Waals surface area contributed by atoms with Crippen LogP contribution in [-0.2, 0) is 5.41 Å². The van der Waals surface area contributed by atoms with Crippen molar-refractivity contribution in [2.75, 3.05) is 0 Å². The van der Waals surface area contributed by atoms with Crippen molar-refractivity contribution >= 4 is 6.29 Å². The van der Waals surface area contributed by atoms with Crippen LogP contribution >= 0.6 is 0 Å². The van der Waals surface area contributed by atoms with Gasteiger partial charge in [0.05, 0.1) is 17.1 Å². The van der Waals surface area contributed by atoms with Gasteiger partial charge in [-0.25, -0.2) is 5.10 Å². The van der Waals surface area contributed by atoms with Crippen molar-refractivity contribution in [2.24, 2.45) is 0 Å². The van der Waals surface area contributed by atoms with Crippen molar-refractivity contribution < 1.29 is 4.79 Å². The van der Waals surface area contributed by atoms with Gasteiger partial charge in [0.15, 0.2) is 6.29 Å². The molecule has 3 rings (SSSR count). The lowest BCUT2D eigenvalue weighted by Crippen LogP contribution is -2.25. The SMILES string of the molecule is CC(C)(c1ccc(=O)[nH]n1)c1[nH]c(-c2ccccn2)cc1C=O. The Morgan fingerprint density at radius 1 is 1.17 bits per heavy atom. The van der Waals surface area contributed by atoms with E-state index in [9.17, 15) is 9.59 Å². The molecule has 0 radical (unpaired) electrons. The van der Waals surface area contributed by atoms with Crippen molar-refractivity contribution in [3.05, 3.63) is 69.9 Å². The molecular formula is C17H16N4O2. The fraction of sp³-hybridized carbons (Fsp3) is 0.176. The number of carbonyl (C=O) groups excluding carboxylic acids is 1. The van der Waals surface area contributed by atoms with Crippen molar-refractivity contribution in [3.63, 3.8) is 0 Å². The van der Waals surface area contributed by atoms with Crippen LogP contribution in [0.25, 0.3) is 11.4 Å². The monoisotopic (exact) mass is 308 g/mol. The van der Waals surface area contributed by atoms with Crippen molar-refractivity contribution in [1.82, 2.24) is 20.2 Å². The fourth-order valence-electron chi connectivity index (χ4n) is 2.56. The highest BCUT2D eigenvalue weighted by Gasteiger charge is 2.30. The van der Waals surface area contributed by atoms with Crippen LogP contribution in [0.5, 0.6) is 0 Å². The summed E-state index contributed by atoms with van der Waals surface area (Å²) in [6.07, 6.45) is 2.51. The maximum absolute atomic E-state index is 11.5. The minimum absolute atomic E-state index is 0.263. The summed E-state index contributed by atoms with van der Waals surface area (Å²) in [4.78, 5) is 30.3. The van der Waals surface area contributed by atoms with Gasteiger partial charge in [-0.3, -0.25) is 14.6 Å². The van der Waals surface area contributed by atoms with E-state index in [0.717, 1.165) is 23.4 Å².